The Morgan fingerprint density at radius 1 is 1.33 bits per heavy atom. The number of nitrogens with two attached hydrogens (primary N) is 1. The molecule has 0 aliphatic heterocycles. The van der Waals surface area contributed by atoms with Gasteiger partial charge in [-0.1, -0.05) is 12.1 Å². The average Bonchev–Trinajstić information content (AvgIpc) is 2.36. The molecule has 1 aromatic rings. The molecule has 0 bridgehead atoms. The molecule has 0 unspecified atom stereocenters. The Bertz CT molecular complexity index is 484. The van der Waals surface area contributed by atoms with E-state index in [4.69, 9.17) is 5.73 Å². The van der Waals surface area contributed by atoms with Gasteiger partial charge in [-0.25, -0.2) is 8.42 Å². The summed E-state index contributed by atoms with van der Waals surface area (Å²) in [6, 6.07) is 7.20. The maximum atomic E-state index is 12.2. The van der Waals surface area contributed by atoms with Crippen molar-refractivity contribution in [2.45, 2.75) is 31.3 Å². The van der Waals surface area contributed by atoms with E-state index in [1.54, 1.807) is 18.2 Å². The Morgan fingerprint density at radius 2 is 2.00 bits per heavy atom. The molecule has 0 amide bonds. The quantitative estimate of drug-likeness (QED) is 0.845. The van der Waals surface area contributed by atoms with Crippen LogP contribution in [0.1, 0.15) is 19.4 Å². The minimum absolute atomic E-state index is 0.135. The molecule has 0 saturated carbocycles. The molecule has 0 aliphatic carbocycles. The molecule has 0 aliphatic rings. The zero-order chi connectivity index (χ0) is 13.8. The molecule has 4 nitrogen and oxygen atoms in total. The molecule has 18 heavy (non-hydrogen) atoms. The van der Waals surface area contributed by atoms with Crippen molar-refractivity contribution in [2.75, 3.05) is 19.3 Å². The summed E-state index contributed by atoms with van der Waals surface area (Å²) in [7, 11) is -1.29. The molecule has 5 heteroatoms. The van der Waals surface area contributed by atoms with E-state index in [1.807, 2.05) is 31.9 Å². The molecule has 0 fully saturated rings. The number of nitrogens with zero attached hydrogens (tertiary/aromatic N) is 1. The van der Waals surface area contributed by atoms with Crippen molar-refractivity contribution in [3.05, 3.63) is 29.8 Å². The van der Waals surface area contributed by atoms with Gasteiger partial charge in [-0.2, -0.15) is 0 Å². The van der Waals surface area contributed by atoms with Crippen LogP contribution in [0.4, 0.5) is 0 Å². The first-order chi connectivity index (χ1) is 8.36. The molecule has 0 heterocycles. The third-order valence-corrected chi connectivity index (χ3v) is 4.78. The van der Waals surface area contributed by atoms with Gasteiger partial charge in [-0.05, 0) is 38.6 Å². The second kappa shape index (κ2) is 6.31. The highest BCUT2D eigenvalue weighted by Crippen LogP contribution is 2.13. The van der Waals surface area contributed by atoms with Gasteiger partial charge >= 0.3 is 0 Å². The molecular weight excluding hydrogens is 248 g/mol. The van der Waals surface area contributed by atoms with Crippen LogP contribution in [0.2, 0.25) is 0 Å². The van der Waals surface area contributed by atoms with E-state index in [1.165, 1.54) is 0 Å². The van der Waals surface area contributed by atoms with E-state index in [-0.39, 0.29) is 5.75 Å². The van der Waals surface area contributed by atoms with Crippen LogP contribution < -0.4 is 5.73 Å². The Labute approximate surface area is 110 Å². The molecule has 1 aromatic carbocycles. The fourth-order valence-corrected chi connectivity index (χ4v) is 2.89. The number of hydrogen-bond donors (Lipinski definition) is 1. The molecule has 102 valence electrons. The maximum absolute atomic E-state index is 12.2. The zero-order valence-electron chi connectivity index (χ0n) is 11.3. The highest BCUT2D eigenvalue weighted by molar-refractivity contribution is 7.91. The number of benzene rings is 1. The first kappa shape index (κ1) is 15.1. The molecule has 0 aromatic heterocycles. The van der Waals surface area contributed by atoms with Crippen LogP contribution in [0.5, 0.6) is 0 Å². The van der Waals surface area contributed by atoms with E-state index in [0.717, 1.165) is 5.56 Å². The van der Waals surface area contributed by atoms with Crippen LogP contribution in [0.15, 0.2) is 29.2 Å². The van der Waals surface area contributed by atoms with Crippen molar-refractivity contribution in [3.63, 3.8) is 0 Å². The van der Waals surface area contributed by atoms with Crippen molar-refractivity contribution in [2.24, 2.45) is 5.73 Å². The monoisotopic (exact) mass is 270 g/mol. The second-order valence-electron chi connectivity index (χ2n) is 4.74. The highest BCUT2D eigenvalue weighted by Gasteiger charge is 2.16. The van der Waals surface area contributed by atoms with E-state index in [0.29, 0.717) is 24.0 Å². The maximum Gasteiger partial charge on any atom is 0.179 e. The fraction of sp³-hybridized carbons (Fsp3) is 0.538. The number of hydrogen-bond acceptors (Lipinski definition) is 4. The van der Waals surface area contributed by atoms with Crippen LogP contribution in [0.25, 0.3) is 0 Å². The van der Waals surface area contributed by atoms with Gasteiger partial charge in [0.05, 0.1) is 10.6 Å². The summed E-state index contributed by atoms with van der Waals surface area (Å²) in [6.07, 6.45) is 0. The standard InChI is InChI=1S/C13H22N2O2S/c1-11(2)15(3)7-8-18(16,17)13-6-4-5-12(9-13)10-14/h4-6,9,11H,7-8,10,14H2,1-3H3. The SMILES string of the molecule is CC(C)N(C)CCS(=O)(=O)c1cccc(CN)c1. The summed E-state index contributed by atoms with van der Waals surface area (Å²) >= 11 is 0. The van der Waals surface area contributed by atoms with Crippen molar-refractivity contribution < 1.29 is 8.42 Å². The predicted octanol–water partition coefficient (Wildman–Crippen LogP) is 1.26. The lowest BCUT2D eigenvalue weighted by Crippen LogP contribution is -2.31. The minimum atomic E-state index is -3.22. The van der Waals surface area contributed by atoms with E-state index in [2.05, 4.69) is 0 Å². The minimum Gasteiger partial charge on any atom is -0.326 e. The van der Waals surface area contributed by atoms with Crippen LogP contribution in [-0.2, 0) is 16.4 Å². The molecule has 0 spiro atoms. The van der Waals surface area contributed by atoms with Gasteiger partial charge in [0.1, 0.15) is 0 Å². The lowest BCUT2D eigenvalue weighted by atomic mass is 10.2. The zero-order valence-corrected chi connectivity index (χ0v) is 12.1. The van der Waals surface area contributed by atoms with Gasteiger partial charge in [0.25, 0.3) is 0 Å². The third kappa shape index (κ3) is 4.08. The first-order valence-electron chi connectivity index (χ1n) is 6.09. The van der Waals surface area contributed by atoms with Crippen molar-refractivity contribution in [1.29, 1.82) is 0 Å². The van der Waals surface area contributed by atoms with Gasteiger partial charge < -0.3 is 10.6 Å². The van der Waals surface area contributed by atoms with Crippen LogP contribution in [0, 0.1) is 0 Å². The predicted molar refractivity (Wildman–Crippen MR) is 74.2 cm³/mol. The Morgan fingerprint density at radius 3 is 2.56 bits per heavy atom. The van der Waals surface area contributed by atoms with Crippen molar-refractivity contribution in [3.8, 4) is 0 Å². The second-order valence-corrected chi connectivity index (χ2v) is 6.85. The lowest BCUT2D eigenvalue weighted by Gasteiger charge is -2.20. The summed E-state index contributed by atoms with van der Waals surface area (Å²) < 4.78 is 24.3. The summed E-state index contributed by atoms with van der Waals surface area (Å²) in [5.74, 6) is 0.135. The van der Waals surface area contributed by atoms with Crippen LogP contribution in [0.3, 0.4) is 0 Å². The Hall–Kier alpha value is -0.910. The molecule has 2 N–H and O–H groups in total. The lowest BCUT2D eigenvalue weighted by molar-refractivity contribution is 0.289. The smallest absolute Gasteiger partial charge is 0.179 e. The molecule has 0 radical (unpaired) electrons. The highest BCUT2D eigenvalue weighted by atomic mass is 32.2. The summed E-state index contributed by atoms with van der Waals surface area (Å²) in [6.45, 7) is 4.98. The first-order valence-corrected chi connectivity index (χ1v) is 7.74. The molecule has 0 atom stereocenters. The van der Waals surface area contributed by atoms with Gasteiger partial charge in [-0.15, -0.1) is 0 Å². The van der Waals surface area contributed by atoms with Crippen molar-refractivity contribution in [1.82, 2.24) is 4.90 Å². The van der Waals surface area contributed by atoms with Crippen molar-refractivity contribution >= 4 is 9.84 Å². The van der Waals surface area contributed by atoms with Crippen LogP contribution >= 0.6 is 0 Å². The summed E-state index contributed by atoms with van der Waals surface area (Å²) in [4.78, 5) is 2.38. The Balaban J connectivity index is 2.80. The largest absolute Gasteiger partial charge is 0.326 e. The summed E-state index contributed by atoms with van der Waals surface area (Å²) in [5.41, 5.74) is 6.36. The normalized spacial score (nSPS) is 12.3. The van der Waals surface area contributed by atoms with Gasteiger partial charge in [0.15, 0.2) is 9.84 Å². The van der Waals surface area contributed by atoms with E-state index < -0.39 is 9.84 Å². The van der Waals surface area contributed by atoms with Gasteiger partial charge in [0.2, 0.25) is 0 Å². The van der Waals surface area contributed by atoms with Gasteiger partial charge in [0, 0.05) is 19.1 Å². The number of rotatable bonds is 6. The molecule has 0 saturated heterocycles. The number of sulfone groups is 1. The van der Waals surface area contributed by atoms with Gasteiger partial charge in [-0.3, -0.25) is 0 Å². The van der Waals surface area contributed by atoms with Crippen LogP contribution in [-0.4, -0.2) is 38.7 Å². The molecule has 1 rings (SSSR count). The average molecular weight is 270 g/mol. The van der Waals surface area contributed by atoms with E-state index >= 15 is 0 Å². The summed E-state index contributed by atoms with van der Waals surface area (Å²) in [5, 5.41) is 0. The molecular formula is C13H22N2O2S. The fourth-order valence-electron chi connectivity index (χ4n) is 1.51. The topological polar surface area (TPSA) is 63.4 Å². The van der Waals surface area contributed by atoms with E-state index in [9.17, 15) is 8.42 Å². The Kier molecular flexibility index (Phi) is 5.31. The third-order valence-electron chi connectivity index (χ3n) is 3.09.